The van der Waals surface area contributed by atoms with Crippen molar-refractivity contribution >= 4 is 11.5 Å². The van der Waals surface area contributed by atoms with Crippen LogP contribution in [0.5, 0.6) is 0 Å². The molecule has 0 saturated carbocycles. The molecular formula is C10H18N4O. The van der Waals surface area contributed by atoms with E-state index in [-0.39, 0.29) is 11.9 Å². The highest BCUT2D eigenvalue weighted by Crippen LogP contribution is 2.21. The van der Waals surface area contributed by atoms with E-state index in [0.29, 0.717) is 11.3 Å². The van der Waals surface area contributed by atoms with Crippen molar-refractivity contribution in [2.24, 2.45) is 5.73 Å². The Labute approximate surface area is 89.3 Å². The van der Waals surface area contributed by atoms with Gasteiger partial charge in [0.25, 0.3) is 0 Å². The van der Waals surface area contributed by atoms with Gasteiger partial charge in [-0.15, -0.1) is 0 Å². The van der Waals surface area contributed by atoms with Crippen LogP contribution in [0.1, 0.15) is 31.4 Å². The van der Waals surface area contributed by atoms with Crippen molar-refractivity contribution < 1.29 is 5.11 Å². The molecule has 0 aromatic carbocycles. The molecule has 0 aliphatic carbocycles. The number of pyridine rings is 1. The summed E-state index contributed by atoms with van der Waals surface area (Å²) in [4.78, 5) is 3.88. The van der Waals surface area contributed by atoms with Gasteiger partial charge in [-0.3, -0.25) is 0 Å². The number of hydrogen-bond donors (Lipinski definition) is 4. The molecule has 1 aromatic rings. The van der Waals surface area contributed by atoms with Crippen LogP contribution in [0.25, 0.3) is 0 Å². The SMILES string of the molecule is CCCC(N)C(O)c1cnc(N)c(N)c1. The highest BCUT2D eigenvalue weighted by Gasteiger charge is 2.17. The van der Waals surface area contributed by atoms with Crippen LogP contribution in [0.3, 0.4) is 0 Å². The molecule has 1 rings (SSSR count). The average Bonchev–Trinajstić information content (AvgIpc) is 2.21. The average molecular weight is 210 g/mol. The molecule has 0 amide bonds. The molecule has 0 saturated heterocycles. The first-order valence-electron chi connectivity index (χ1n) is 5.00. The Kier molecular flexibility index (Phi) is 3.88. The quantitative estimate of drug-likeness (QED) is 0.575. The zero-order valence-electron chi connectivity index (χ0n) is 8.85. The summed E-state index contributed by atoms with van der Waals surface area (Å²) in [6.45, 7) is 2.02. The van der Waals surface area contributed by atoms with Crippen LogP contribution in [0, 0.1) is 0 Å². The summed E-state index contributed by atoms with van der Waals surface area (Å²) in [5, 5.41) is 9.87. The van der Waals surface area contributed by atoms with E-state index in [2.05, 4.69) is 4.98 Å². The number of aliphatic hydroxyl groups is 1. The van der Waals surface area contributed by atoms with Crippen LogP contribution in [0.2, 0.25) is 0 Å². The molecule has 84 valence electrons. The van der Waals surface area contributed by atoms with Crippen LogP contribution in [0.4, 0.5) is 11.5 Å². The van der Waals surface area contributed by atoms with Crippen molar-refractivity contribution in [3.63, 3.8) is 0 Å². The molecule has 0 bridgehead atoms. The smallest absolute Gasteiger partial charge is 0.146 e. The molecule has 0 aliphatic heterocycles. The van der Waals surface area contributed by atoms with Gasteiger partial charge in [0.1, 0.15) is 5.82 Å². The first kappa shape index (κ1) is 11.7. The van der Waals surface area contributed by atoms with E-state index in [4.69, 9.17) is 17.2 Å². The van der Waals surface area contributed by atoms with Gasteiger partial charge < -0.3 is 22.3 Å². The molecule has 2 unspecified atom stereocenters. The van der Waals surface area contributed by atoms with Gasteiger partial charge in [0.15, 0.2) is 0 Å². The van der Waals surface area contributed by atoms with Crippen molar-refractivity contribution in [3.8, 4) is 0 Å². The molecule has 0 radical (unpaired) electrons. The Morgan fingerprint density at radius 2 is 2.13 bits per heavy atom. The van der Waals surface area contributed by atoms with E-state index in [9.17, 15) is 5.11 Å². The Bertz CT molecular complexity index is 329. The van der Waals surface area contributed by atoms with Crippen molar-refractivity contribution in [1.82, 2.24) is 4.98 Å². The van der Waals surface area contributed by atoms with Crippen LogP contribution >= 0.6 is 0 Å². The molecule has 5 nitrogen and oxygen atoms in total. The predicted molar refractivity (Wildman–Crippen MR) is 60.9 cm³/mol. The molecule has 1 aromatic heterocycles. The number of hydrogen-bond acceptors (Lipinski definition) is 5. The van der Waals surface area contributed by atoms with Gasteiger partial charge in [-0.25, -0.2) is 4.98 Å². The minimum atomic E-state index is -0.736. The van der Waals surface area contributed by atoms with Crippen molar-refractivity contribution in [3.05, 3.63) is 17.8 Å². The minimum Gasteiger partial charge on any atom is -0.396 e. The first-order chi connectivity index (χ1) is 7.06. The van der Waals surface area contributed by atoms with Gasteiger partial charge in [0, 0.05) is 17.8 Å². The van der Waals surface area contributed by atoms with Crippen molar-refractivity contribution in [2.45, 2.75) is 31.9 Å². The Morgan fingerprint density at radius 1 is 1.47 bits per heavy atom. The first-order valence-corrected chi connectivity index (χ1v) is 5.00. The normalized spacial score (nSPS) is 14.9. The summed E-state index contributed by atoms with van der Waals surface area (Å²) in [6, 6.07) is 1.32. The third-order valence-corrected chi connectivity index (χ3v) is 2.34. The summed E-state index contributed by atoms with van der Waals surface area (Å²) in [5.41, 5.74) is 17.8. The summed E-state index contributed by atoms with van der Waals surface area (Å²) in [6.07, 6.45) is 2.45. The van der Waals surface area contributed by atoms with E-state index in [1.165, 1.54) is 6.20 Å². The summed E-state index contributed by atoms with van der Waals surface area (Å²) in [5.74, 6) is 0.273. The van der Waals surface area contributed by atoms with E-state index >= 15 is 0 Å². The highest BCUT2D eigenvalue weighted by molar-refractivity contribution is 5.58. The predicted octanol–water partition coefficient (Wildman–Crippen LogP) is 0.407. The molecular weight excluding hydrogens is 192 g/mol. The van der Waals surface area contributed by atoms with Gasteiger partial charge in [0.05, 0.1) is 11.8 Å². The summed E-state index contributed by atoms with van der Waals surface area (Å²) < 4.78 is 0. The number of aliphatic hydroxyl groups excluding tert-OH is 1. The lowest BCUT2D eigenvalue weighted by atomic mass is 10.0. The summed E-state index contributed by atoms with van der Waals surface area (Å²) >= 11 is 0. The maximum Gasteiger partial charge on any atom is 0.146 e. The second kappa shape index (κ2) is 4.95. The lowest BCUT2D eigenvalue weighted by Gasteiger charge is -2.18. The van der Waals surface area contributed by atoms with Gasteiger partial charge in [-0.2, -0.15) is 0 Å². The molecule has 1 heterocycles. The number of anilines is 2. The minimum absolute atomic E-state index is 0.273. The Balaban J connectivity index is 2.81. The molecule has 15 heavy (non-hydrogen) atoms. The van der Waals surface area contributed by atoms with Crippen molar-refractivity contribution in [2.75, 3.05) is 11.5 Å². The number of nitrogens with zero attached hydrogens (tertiary/aromatic N) is 1. The molecule has 5 heteroatoms. The third kappa shape index (κ3) is 2.81. The Hall–Kier alpha value is -1.33. The highest BCUT2D eigenvalue weighted by atomic mass is 16.3. The van der Waals surface area contributed by atoms with Crippen molar-refractivity contribution in [1.29, 1.82) is 0 Å². The van der Waals surface area contributed by atoms with Gasteiger partial charge in [-0.1, -0.05) is 13.3 Å². The Morgan fingerprint density at radius 3 is 2.67 bits per heavy atom. The number of rotatable bonds is 4. The number of aromatic nitrogens is 1. The topological polar surface area (TPSA) is 111 Å². The molecule has 7 N–H and O–H groups in total. The van der Waals surface area contributed by atoms with Gasteiger partial charge >= 0.3 is 0 Å². The lowest BCUT2D eigenvalue weighted by Crippen LogP contribution is -2.28. The second-order valence-corrected chi connectivity index (χ2v) is 3.64. The zero-order valence-corrected chi connectivity index (χ0v) is 8.85. The second-order valence-electron chi connectivity index (χ2n) is 3.64. The number of nitrogen functional groups attached to an aromatic ring is 2. The molecule has 0 fully saturated rings. The standard InChI is InChI=1S/C10H18N4O/c1-2-3-7(11)9(15)6-4-8(12)10(13)14-5-6/h4-5,7,9,15H,2-3,11-12H2,1H3,(H2,13,14). The van der Waals surface area contributed by atoms with Crippen LogP contribution in [0.15, 0.2) is 12.3 Å². The number of nitrogens with two attached hydrogens (primary N) is 3. The van der Waals surface area contributed by atoms with Gasteiger partial charge in [0.2, 0.25) is 0 Å². The van der Waals surface area contributed by atoms with Gasteiger partial charge in [-0.05, 0) is 12.5 Å². The summed E-state index contributed by atoms with van der Waals surface area (Å²) in [7, 11) is 0. The molecule has 0 aliphatic rings. The van der Waals surface area contributed by atoms with E-state index in [0.717, 1.165) is 12.8 Å². The fourth-order valence-corrected chi connectivity index (χ4v) is 1.41. The van der Waals surface area contributed by atoms with Crippen LogP contribution in [-0.4, -0.2) is 16.1 Å². The zero-order chi connectivity index (χ0) is 11.4. The third-order valence-electron chi connectivity index (χ3n) is 2.34. The maximum atomic E-state index is 9.87. The fraction of sp³-hybridized carbons (Fsp3) is 0.500. The molecule has 2 atom stereocenters. The van der Waals surface area contributed by atoms with Crippen LogP contribution < -0.4 is 17.2 Å². The van der Waals surface area contributed by atoms with E-state index < -0.39 is 6.10 Å². The van der Waals surface area contributed by atoms with Crippen LogP contribution in [-0.2, 0) is 0 Å². The maximum absolute atomic E-state index is 9.87. The largest absolute Gasteiger partial charge is 0.396 e. The molecule has 0 spiro atoms. The van der Waals surface area contributed by atoms with E-state index in [1.807, 2.05) is 6.92 Å². The fourth-order valence-electron chi connectivity index (χ4n) is 1.41. The monoisotopic (exact) mass is 210 g/mol. The van der Waals surface area contributed by atoms with E-state index in [1.54, 1.807) is 6.07 Å². The lowest BCUT2D eigenvalue weighted by molar-refractivity contribution is 0.141.